The van der Waals surface area contributed by atoms with Crippen molar-refractivity contribution >= 4 is 0 Å². The minimum Gasteiger partial charge on any atom is -0.408 e. The predicted molar refractivity (Wildman–Crippen MR) is 43.4 cm³/mol. The van der Waals surface area contributed by atoms with Crippen molar-refractivity contribution in [2.75, 3.05) is 0 Å². The van der Waals surface area contributed by atoms with Crippen LogP contribution in [0.25, 0.3) is 0 Å². The number of hydrogen-bond donors (Lipinski definition) is 1. The summed E-state index contributed by atoms with van der Waals surface area (Å²) >= 11 is 0. The van der Waals surface area contributed by atoms with Crippen molar-refractivity contribution in [2.45, 2.75) is 19.9 Å². The lowest BCUT2D eigenvalue weighted by Crippen LogP contribution is -2.12. The van der Waals surface area contributed by atoms with E-state index in [9.17, 15) is 0 Å². The van der Waals surface area contributed by atoms with E-state index in [1.54, 1.807) is 0 Å². The Bertz CT molecular complexity index is 283. The fourth-order valence-corrected chi connectivity index (χ4v) is 1.31. The first-order valence-electron chi connectivity index (χ1n) is 3.80. The first kappa shape index (κ1) is 6.68. The van der Waals surface area contributed by atoms with Crippen molar-refractivity contribution in [1.82, 2.24) is 5.48 Å². The molecule has 0 bridgehead atoms. The molecule has 0 amide bonds. The van der Waals surface area contributed by atoms with Crippen molar-refractivity contribution in [3.8, 4) is 5.75 Å². The van der Waals surface area contributed by atoms with Crippen LogP contribution in [0.3, 0.4) is 0 Å². The molecule has 0 saturated heterocycles. The highest BCUT2D eigenvalue weighted by Crippen LogP contribution is 2.30. The number of hydrogen-bond acceptors (Lipinski definition) is 2. The Morgan fingerprint density at radius 1 is 1.45 bits per heavy atom. The van der Waals surface area contributed by atoms with Gasteiger partial charge in [0, 0.05) is 5.56 Å². The molecule has 1 heterocycles. The van der Waals surface area contributed by atoms with Gasteiger partial charge in [0.05, 0.1) is 6.04 Å². The van der Waals surface area contributed by atoms with Crippen LogP contribution in [0.5, 0.6) is 5.75 Å². The second-order valence-electron chi connectivity index (χ2n) is 2.98. The first-order valence-corrected chi connectivity index (χ1v) is 3.80. The summed E-state index contributed by atoms with van der Waals surface area (Å²) in [4.78, 5) is 5.22. The predicted octanol–water partition coefficient (Wildman–Crippen LogP) is 1.95. The molecule has 1 aliphatic heterocycles. The minimum atomic E-state index is 0.324. The molecule has 0 aliphatic carbocycles. The summed E-state index contributed by atoms with van der Waals surface area (Å²) in [7, 11) is 0. The van der Waals surface area contributed by atoms with Gasteiger partial charge in [-0.05, 0) is 19.9 Å². The molecule has 1 unspecified atom stereocenters. The van der Waals surface area contributed by atoms with Crippen molar-refractivity contribution in [2.24, 2.45) is 0 Å². The summed E-state index contributed by atoms with van der Waals surface area (Å²) in [6.45, 7) is 4.18. The van der Waals surface area contributed by atoms with E-state index >= 15 is 0 Å². The molecule has 0 fully saturated rings. The molecular formula is C9H11NO. The minimum absolute atomic E-state index is 0.324. The molecule has 11 heavy (non-hydrogen) atoms. The van der Waals surface area contributed by atoms with Gasteiger partial charge in [-0.15, -0.1) is 5.48 Å². The van der Waals surface area contributed by atoms with Gasteiger partial charge in [-0.1, -0.05) is 17.7 Å². The van der Waals surface area contributed by atoms with Gasteiger partial charge in [0.25, 0.3) is 0 Å². The van der Waals surface area contributed by atoms with E-state index < -0.39 is 0 Å². The summed E-state index contributed by atoms with van der Waals surface area (Å²) in [6.07, 6.45) is 0. The van der Waals surface area contributed by atoms with Gasteiger partial charge < -0.3 is 4.84 Å². The molecule has 0 aromatic heterocycles. The maximum absolute atomic E-state index is 5.22. The highest BCUT2D eigenvalue weighted by Gasteiger charge is 2.18. The maximum Gasteiger partial charge on any atom is 0.152 e. The molecule has 2 rings (SSSR count). The number of benzene rings is 1. The Balaban J connectivity index is 2.52. The molecule has 0 radical (unpaired) electrons. The largest absolute Gasteiger partial charge is 0.408 e. The maximum atomic E-state index is 5.22. The van der Waals surface area contributed by atoms with E-state index in [4.69, 9.17) is 4.84 Å². The van der Waals surface area contributed by atoms with E-state index in [-0.39, 0.29) is 0 Å². The Labute approximate surface area is 66.1 Å². The smallest absolute Gasteiger partial charge is 0.152 e. The average Bonchev–Trinajstić information content (AvgIpc) is 2.33. The lowest BCUT2D eigenvalue weighted by molar-refractivity contribution is 0.200. The van der Waals surface area contributed by atoms with E-state index in [0.717, 1.165) is 5.75 Å². The number of fused-ring (bicyclic) bond motifs is 1. The van der Waals surface area contributed by atoms with E-state index in [2.05, 4.69) is 31.5 Å². The summed E-state index contributed by atoms with van der Waals surface area (Å²) in [6, 6.07) is 6.53. The van der Waals surface area contributed by atoms with Gasteiger partial charge in [-0.25, -0.2) is 0 Å². The summed E-state index contributed by atoms with van der Waals surface area (Å²) in [5.74, 6) is 0.961. The van der Waals surface area contributed by atoms with Crippen molar-refractivity contribution in [3.63, 3.8) is 0 Å². The fourth-order valence-electron chi connectivity index (χ4n) is 1.31. The number of nitrogens with one attached hydrogen (secondary N) is 1. The molecule has 1 atom stereocenters. The number of hydroxylamine groups is 1. The highest BCUT2D eigenvalue weighted by atomic mass is 16.7. The third kappa shape index (κ3) is 0.994. The molecule has 0 spiro atoms. The van der Waals surface area contributed by atoms with E-state index in [1.165, 1.54) is 11.1 Å². The van der Waals surface area contributed by atoms with Crippen LogP contribution in [0.2, 0.25) is 0 Å². The number of rotatable bonds is 0. The normalized spacial score (nSPS) is 21.1. The lowest BCUT2D eigenvalue weighted by atomic mass is 10.1. The van der Waals surface area contributed by atoms with Crippen LogP contribution in [0, 0.1) is 6.92 Å². The topological polar surface area (TPSA) is 21.3 Å². The third-order valence-corrected chi connectivity index (χ3v) is 1.98. The second-order valence-corrected chi connectivity index (χ2v) is 2.98. The first-order chi connectivity index (χ1) is 5.27. The van der Waals surface area contributed by atoms with Crippen LogP contribution >= 0.6 is 0 Å². The standard InChI is InChI=1S/C9H11NO/c1-6-3-4-9-8(5-6)7(2)10-11-9/h3-5,7,10H,1-2H3. The highest BCUT2D eigenvalue weighted by molar-refractivity contribution is 5.40. The lowest BCUT2D eigenvalue weighted by Gasteiger charge is -1.99. The number of aryl methyl sites for hydroxylation is 1. The SMILES string of the molecule is Cc1ccc2c(c1)C(C)NO2. The van der Waals surface area contributed by atoms with Crippen LogP contribution in [0.1, 0.15) is 24.1 Å². The van der Waals surface area contributed by atoms with Crippen LogP contribution in [-0.4, -0.2) is 0 Å². The zero-order valence-electron chi connectivity index (χ0n) is 6.72. The molecule has 1 aromatic carbocycles. The van der Waals surface area contributed by atoms with Gasteiger partial charge in [0.1, 0.15) is 0 Å². The van der Waals surface area contributed by atoms with E-state index in [0.29, 0.717) is 6.04 Å². The summed E-state index contributed by atoms with van der Waals surface area (Å²) < 4.78 is 0. The third-order valence-electron chi connectivity index (χ3n) is 1.98. The Hall–Kier alpha value is -1.02. The van der Waals surface area contributed by atoms with Gasteiger partial charge in [-0.3, -0.25) is 0 Å². The van der Waals surface area contributed by atoms with Crippen LogP contribution in [-0.2, 0) is 0 Å². The van der Waals surface area contributed by atoms with Gasteiger partial charge in [0.2, 0.25) is 0 Å². The monoisotopic (exact) mass is 149 g/mol. The van der Waals surface area contributed by atoms with Crippen molar-refractivity contribution in [3.05, 3.63) is 29.3 Å². The summed E-state index contributed by atoms with van der Waals surface area (Å²) in [5, 5.41) is 0. The molecule has 1 N–H and O–H groups in total. The zero-order chi connectivity index (χ0) is 7.84. The Kier molecular flexibility index (Phi) is 1.36. The molecule has 1 aliphatic rings. The van der Waals surface area contributed by atoms with E-state index in [1.807, 2.05) is 6.07 Å². The Morgan fingerprint density at radius 2 is 2.27 bits per heavy atom. The molecule has 1 aromatic rings. The molecule has 58 valence electrons. The van der Waals surface area contributed by atoms with Gasteiger partial charge in [0.15, 0.2) is 5.75 Å². The Morgan fingerprint density at radius 3 is 3.09 bits per heavy atom. The average molecular weight is 149 g/mol. The van der Waals surface area contributed by atoms with Gasteiger partial charge in [-0.2, -0.15) is 0 Å². The molecular weight excluding hydrogens is 138 g/mol. The van der Waals surface area contributed by atoms with Crippen LogP contribution < -0.4 is 10.3 Å². The summed E-state index contributed by atoms with van der Waals surface area (Å²) in [5.41, 5.74) is 5.45. The molecule has 2 nitrogen and oxygen atoms in total. The van der Waals surface area contributed by atoms with Crippen LogP contribution in [0.15, 0.2) is 18.2 Å². The molecule has 0 saturated carbocycles. The van der Waals surface area contributed by atoms with Gasteiger partial charge >= 0.3 is 0 Å². The van der Waals surface area contributed by atoms with Crippen LogP contribution in [0.4, 0.5) is 0 Å². The quantitative estimate of drug-likeness (QED) is 0.608. The van der Waals surface area contributed by atoms with Crippen molar-refractivity contribution < 1.29 is 4.84 Å². The molecule has 2 heteroatoms. The zero-order valence-corrected chi connectivity index (χ0v) is 6.72. The fraction of sp³-hybridized carbons (Fsp3) is 0.333. The second kappa shape index (κ2) is 2.24. The van der Waals surface area contributed by atoms with Crippen molar-refractivity contribution in [1.29, 1.82) is 0 Å².